The average molecular weight is 237 g/mol. The minimum atomic E-state index is -0.658. The first-order valence-corrected chi connectivity index (χ1v) is 5.08. The average Bonchev–Trinajstić information content (AvgIpc) is 2.57. The van der Waals surface area contributed by atoms with E-state index in [2.05, 4.69) is 5.43 Å². The van der Waals surface area contributed by atoms with Gasteiger partial charge in [-0.15, -0.1) is 0 Å². The smallest absolute Gasteiger partial charge is 0.426 e. The zero-order chi connectivity index (χ0) is 13.1. The molecule has 2 N–H and O–H groups in total. The molecule has 0 atom stereocenters. The number of ether oxygens (including phenoxy) is 1. The Morgan fingerprint density at radius 2 is 2.29 bits per heavy atom. The fourth-order valence-electron chi connectivity index (χ4n) is 1.18. The highest BCUT2D eigenvalue weighted by Crippen LogP contribution is 2.09. The Bertz CT molecular complexity index is 452. The van der Waals surface area contributed by atoms with E-state index in [1.165, 1.54) is 16.9 Å². The maximum atomic E-state index is 11.5. The van der Waals surface area contributed by atoms with E-state index in [4.69, 9.17) is 15.1 Å². The van der Waals surface area contributed by atoms with Gasteiger partial charge in [-0.3, -0.25) is 0 Å². The van der Waals surface area contributed by atoms with Crippen molar-refractivity contribution in [2.24, 2.45) is 0 Å². The van der Waals surface area contributed by atoms with Gasteiger partial charge >= 0.3 is 6.09 Å². The number of aliphatic hydroxyl groups excluding tert-OH is 1. The maximum Gasteiger partial charge on any atom is 0.426 e. The van der Waals surface area contributed by atoms with Crippen molar-refractivity contribution in [3.8, 4) is 6.07 Å². The fourth-order valence-corrected chi connectivity index (χ4v) is 1.18. The molecule has 0 spiro atoms. The molecular formula is C11H15N3O3. The number of carbonyl (C=O) groups excluding carboxylic acids is 1. The number of nitriles is 1. The molecule has 1 rings (SSSR count). The second-order valence-electron chi connectivity index (χ2n) is 4.49. The Morgan fingerprint density at radius 1 is 1.65 bits per heavy atom. The zero-order valence-electron chi connectivity index (χ0n) is 10.0. The highest BCUT2D eigenvalue weighted by atomic mass is 16.6. The lowest BCUT2D eigenvalue weighted by atomic mass is 10.2. The number of carbonyl (C=O) groups is 1. The van der Waals surface area contributed by atoms with E-state index in [-0.39, 0.29) is 12.3 Å². The molecule has 0 fully saturated rings. The van der Waals surface area contributed by atoms with Gasteiger partial charge < -0.3 is 9.84 Å². The van der Waals surface area contributed by atoms with Crippen LogP contribution in [-0.4, -0.2) is 21.5 Å². The van der Waals surface area contributed by atoms with Crippen LogP contribution in [0.25, 0.3) is 0 Å². The highest BCUT2D eigenvalue weighted by molar-refractivity contribution is 5.76. The van der Waals surface area contributed by atoms with Crippen molar-refractivity contribution in [3.05, 3.63) is 23.5 Å². The van der Waals surface area contributed by atoms with Gasteiger partial charge in [0.2, 0.25) is 0 Å². The van der Waals surface area contributed by atoms with Gasteiger partial charge in [0.15, 0.2) is 0 Å². The minimum Gasteiger partial charge on any atom is -0.443 e. The van der Waals surface area contributed by atoms with Gasteiger partial charge in [0.25, 0.3) is 0 Å². The molecule has 6 heteroatoms. The summed E-state index contributed by atoms with van der Waals surface area (Å²) >= 11 is 0. The van der Waals surface area contributed by atoms with Crippen molar-refractivity contribution in [1.29, 1.82) is 5.26 Å². The number of nitrogens with one attached hydrogen (secondary N) is 1. The third-order valence-electron chi connectivity index (χ3n) is 1.78. The molecule has 0 aliphatic carbocycles. The molecule has 0 saturated heterocycles. The van der Waals surface area contributed by atoms with Gasteiger partial charge in [0.05, 0.1) is 6.61 Å². The van der Waals surface area contributed by atoms with Gasteiger partial charge in [-0.05, 0) is 32.4 Å². The van der Waals surface area contributed by atoms with Crippen molar-refractivity contribution in [2.45, 2.75) is 33.0 Å². The molecule has 0 bridgehead atoms. The summed E-state index contributed by atoms with van der Waals surface area (Å²) in [5.41, 5.74) is 2.55. The van der Waals surface area contributed by atoms with Gasteiger partial charge in [0.1, 0.15) is 17.4 Å². The Kier molecular flexibility index (Phi) is 3.76. The van der Waals surface area contributed by atoms with E-state index in [9.17, 15) is 4.79 Å². The Balaban J connectivity index is 2.78. The lowest BCUT2D eigenvalue weighted by Crippen LogP contribution is -2.31. The van der Waals surface area contributed by atoms with Gasteiger partial charge in [-0.25, -0.2) is 14.9 Å². The fraction of sp³-hybridized carbons (Fsp3) is 0.455. The number of hydrogen-bond acceptors (Lipinski definition) is 4. The molecule has 0 radical (unpaired) electrons. The number of aromatic nitrogens is 1. The van der Waals surface area contributed by atoms with Crippen molar-refractivity contribution in [1.82, 2.24) is 4.68 Å². The first-order chi connectivity index (χ1) is 7.85. The van der Waals surface area contributed by atoms with Crippen LogP contribution in [-0.2, 0) is 11.3 Å². The molecule has 0 aliphatic rings. The molecule has 6 nitrogen and oxygen atoms in total. The van der Waals surface area contributed by atoms with Gasteiger partial charge in [-0.1, -0.05) is 0 Å². The van der Waals surface area contributed by atoms with E-state index in [1.807, 2.05) is 6.07 Å². The summed E-state index contributed by atoms with van der Waals surface area (Å²) in [4.78, 5) is 11.5. The third kappa shape index (κ3) is 3.81. The third-order valence-corrected chi connectivity index (χ3v) is 1.78. The van der Waals surface area contributed by atoms with Crippen molar-refractivity contribution in [3.63, 3.8) is 0 Å². The Hall–Kier alpha value is -2.00. The van der Waals surface area contributed by atoms with Crippen molar-refractivity contribution >= 4 is 6.09 Å². The van der Waals surface area contributed by atoms with Crippen LogP contribution in [0.2, 0.25) is 0 Å². The summed E-state index contributed by atoms with van der Waals surface area (Å²) in [7, 11) is 0. The molecule has 1 aromatic rings. The quantitative estimate of drug-likeness (QED) is 0.812. The standard InChI is InChI=1S/C11H15N3O3/c1-11(2,3)17-10(16)13-14-6-8(7-15)4-9(14)5-12/h4,6,15H,7H2,1-3H3,(H,13,16). The molecule has 0 saturated carbocycles. The van der Waals surface area contributed by atoms with Crippen LogP contribution in [0, 0.1) is 11.3 Å². The van der Waals surface area contributed by atoms with Crippen LogP contribution in [0.5, 0.6) is 0 Å². The first-order valence-electron chi connectivity index (χ1n) is 5.08. The van der Waals surface area contributed by atoms with Crippen LogP contribution in [0.15, 0.2) is 12.3 Å². The molecule has 17 heavy (non-hydrogen) atoms. The summed E-state index contributed by atoms with van der Waals surface area (Å²) in [5.74, 6) is 0. The van der Waals surface area contributed by atoms with Crippen LogP contribution in [0.4, 0.5) is 4.79 Å². The summed E-state index contributed by atoms with van der Waals surface area (Å²) in [6.07, 6.45) is 0.803. The largest absolute Gasteiger partial charge is 0.443 e. The monoisotopic (exact) mass is 237 g/mol. The van der Waals surface area contributed by atoms with Crippen LogP contribution < -0.4 is 5.43 Å². The summed E-state index contributed by atoms with van der Waals surface area (Å²) in [6, 6.07) is 3.38. The van der Waals surface area contributed by atoms with Crippen LogP contribution >= 0.6 is 0 Å². The van der Waals surface area contributed by atoms with Crippen LogP contribution in [0.1, 0.15) is 32.0 Å². The maximum absolute atomic E-state index is 11.5. The van der Waals surface area contributed by atoms with Crippen molar-refractivity contribution in [2.75, 3.05) is 5.43 Å². The van der Waals surface area contributed by atoms with E-state index in [1.54, 1.807) is 20.8 Å². The molecule has 1 amide bonds. The summed E-state index contributed by atoms with van der Waals surface area (Å²) in [6.45, 7) is 5.03. The SMILES string of the molecule is CC(C)(C)OC(=O)Nn1cc(CO)cc1C#N. The number of aliphatic hydroxyl groups is 1. The number of rotatable bonds is 2. The Labute approximate surface area is 99.4 Å². The molecule has 0 aromatic carbocycles. The van der Waals surface area contributed by atoms with Gasteiger partial charge in [0, 0.05) is 6.20 Å². The van der Waals surface area contributed by atoms with E-state index in [0.717, 1.165) is 0 Å². The summed E-state index contributed by atoms with van der Waals surface area (Å²) in [5, 5.41) is 17.8. The molecule has 1 aromatic heterocycles. The molecule has 92 valence electrons. The predicted molar refractivity (Wildman–Crippen MR) is 60.7 cm³/mol. The predicted octanol–water partition coefficient (Wildman–Crippen LogP) is 1.33. The zero-order valence-corrected chi connectivity index (χ0v) is 10.0. The normalized spacial score (nSPS) is 10.8. The van der Waals surface area contributed by atoms with Crippen LogP contribution in [0.3, 0.4) is 0 Å². The summed E-state index contributed by atoms with van der Waals surface area (Å²) < 4.78 is 6.26. The number of hydrogen-bond donors (Lipinski definition) is 2. The first kappa shape index (κ1) is 13.1. The Morgan fingerprint density at radius 3 is 2.76 bits per heavy atom. The molecular weight excluding hydrogens is 222 g/mol. The molecule has 1 heterocycles. The van der Waals surface area contributed by atoms with E-state index < -0.39 is 11.7 Å². The molecule has 0 aliphatic heterocycles. The number of nitrogens with zero attached hydrogens (tertiary/aromatic N) is 2. The topological polar surface area (TPSA) is 87.3 Å². The van der Waals surface area contributed by atoms with Gasteiger partial charge in [-0.2, -0.15) is 5.26 Å². The van der Waals surface area contributed by atoms with E-state index in [0.29, 0.717) is 5.56 Å². The highest BCUT2D eigenvalue weighted by Gasteiger charge is 2.17. The lowest BCUT2D eigenvalue weighted by molar-refractivity contribution is 0.0613. The second kappa shape index (κ2) is 4.89. The minimum absolute atomic E-state index is 0.197. The van der Waals surface area contributed by atoms with Crippen molar-refractivity contribution < 1.29 is 14.6 Å². The second-order valence-corrected chi connectivity index (χ2v) is 4.49. The van der Waals surface area contributed by atoms with E-state index >= 15 is 0 Å². The number of amides is 1. The lowest BCUT2D eigenvalue weighted by Gasteiger charge is -2.20. The molecule has 0 unspecified atom stereocenters.